The number of nitrogens with one attached hydrogen (secondary N) is 1. The second kappa shape index (κ2) is 10.8. The van der Waals surface area contributed by atoms with Gasteiger partial charge in [-0.2, -0.15) is 0 Å². The van der Waals surface area contributed by atoms with Crippen LogP contribution in [0.25, 0.3) is 110 Å². The van der Waals surface area contributed by atoms with Crippen LogP contribution in [0.5, 0.6) is 0 Å². The lowest BCUT2D eigenvalue weighted by atomic mass is 9.98. The van der Waals surface area contributed by atoms with Crippen LogP contribution in [0.1, 0.15) is 0 Å². The summed E-state index contributed by atoms with van der Waals surface area (Å²) in [6, 6.07) is 60.0. The first-order valence-electron chi connectivity index (χ1n) is 17.3. The maximum absolute atomic E-state index is 6.73. The van der Waals surface area contributed by atoms with Crippen molar-refractivity contribution >= 4 is 65.7 Å². The average Bonchev–Trinajstić information content (AvgIpc) is 3.89. The van der Waals surface area contributed by atoms with E-state index in [0.29, 0.717) is 0 Å². The summed E-state index contributed by atoms with van der Waals surface area (Å²) in [6.45, 7) is 0. The molecule has 0 saturated carbocycles. The van der Waals surface area contributed by atoms with Crippen LogP contribution >= 0.6 is 0 Å². The Morgan fingerprint density at radius 3 is 1.00 bits per heavy atom. The van der Waals surface area contributed by atoms with Crippen molar-refractivity contribution in [1.29, 1.82) is 0 Å². The number of furan rings is 2. The third kappa shape index (κ3) is 4.25. The second-order valence-corrected chi connectivity index (χ2v) is 13.3. The fraction of sp³-hybridized carbons (Fsp3) is 0. The van der Waals surface area contributed by atoms with E-state index in [1.165, 1.54) is 10.8 Å². The SMILES string of the molecule is c1ccc(-c2cccc3c2oc2c(-c4ccc5c(c4)[nH]c4cc(-c6cccc7c6oc6c(-c8ccccc8)cccc67)ccc45)cccc23)cc1. The highest BCUT2D eigenvalue weighted by Gasteiger charge is 2.18. The number of hydrogen-bond acceptors (Lipinski definition) is 2. The van der Waals surface area contributed by atoms with E-state index >= 15 is 0 Å². The van der Waals surface area contributed by atoms with Crippen molar-refractivity contribution < 1.29 is 8.83 Å². The zero-order valence-corrected chi connectivity index (χ0v) is 27.5. The van der Waals surface area contributed by atoms with Crippen molar-refractivity contribution in [2.75, 3.05) is 0 Å². The third-order valence-corrected chi connectivity index (χ3v) is 10.4. The molecule has 0 aliphatic rings. The van der Waals surface area contributed by atoms with Gasteiger partial charge in [0, 0.05) is 65.6 Å². The third-order valence-electron chi connectivity index (χ3n) is 10.4. The summed E-state index contributed by atoms with van der Waals surface area (Å²) >= 11 is 0. The largest absolute Gasteiger partial charge is 0.455 e. The smallest absolute Gasteiger partial charge is 0.143 e. The molecule has 0 amide bonds. The summed E-state index contributed by atoms with van der Waals surface area (Å²) < 4.78 is 13.5. The van der Waals surface area contributed by atoms with Crippen LogP contribution in [-0.2, 0) is 0 Å². The van der Waals surface area contributed by atoms with Crippen LogP contribution in [-0.4, -0.2) is 4.98 Å². The quantitative estimate of drug-likeness (QED) is 0.206. The molecule has 11 rings (SSSR count). The van der Waals surface area contributed by atoms with E-state index in [9.17, 15) is 0 Å². The fourth-order valence-corrected chi connectivity index (χ4v) is 8.03. The fourth-order valence-electron chi connectivity index (χ4n) is 8.03. The molecule has 3 aromatic heterocycles. The van der Waals surface area contributed by atoms with Crippen molar-refractivity contribution in [3.63, 3.8) is 0 Å². The second-order valence-electron chi connectivity index (χ2n) is 13.3. The molecule has 0 fully saturated rings. The number of benzene rings is 8. The van der Waals surface area contributed by atoms with Gasteiger partial charge in [-0.1, -0.05) is 158 Å². The van der Waals surface area contributed by atoms with E-state index in [4.69, 9.17) is 8.83 Å². The van der Waals surface area contributed by atoms with Gasteiger partial charge < -0.3 is 13.8 Å². The standard InChI is InChI=1S/C48H29NO2/c1-3-11-29(12-4-1)33-15-7-19-39-41-21-9-17-35(47(41)50-45(33)39)31-23-25-37-38-26-24-32(28-44(38)49-43(37)27-31)36-18-10-22-42-40-20-8-16-34(46(40)51-48(36)42)30-13-5-2-6-14-30/h1-28,49H. The molecule has 0 unspecified atom stereocenters. The minimum absolute atomic E-state index is 0.906. The normalized spacial score (nSPS) is 11.9. The lowest BCUT2D eigenvalue weighted by molar-refractivity contribution is 0.670. The zero-order chi connectivity index (χ0) is 33.5. The Morgan fingerprint density at radius 1 is 0.275 bits per heavy atom. The number of fused-ring (bicyclic) bond motifs is 9. The Balaban J connectivity index is 1.03. The molecule has 0 bridgehead atoms. The van der Waals surface area contributed by atoms with Crippen molar-refractivity contribution in [2.24, 2.45) is 0 Å². The van der Waals surface area contributed by atoms with E-state index in [0.717, 1.165) is 99.4 Å². The van der Waals surface area contributed by atoms with Crippen LogP contribution < -0.4 is 0 Å². The van der Waals surface area contributed by atoms with Crippen molar-refractivity contribution in [3.8, 4) is 44.5 Å². The summed E-state index contributed by atoms with van der Waals surface area (Å²) in [5.41, 5.74) is 14.7. The Labute approximate surface area is 293 Å². The van der Waals surface area contributed by atoms with Gasteiger partial charge in [-0.15, -0.1) is 0 Å². The molecule has 11 aromatic rings. The van der Waals surface area contributed by atoms with Gasteiger partial charge in [-0.05, 0) is 34.4 Å². The summed E-state index contributed by atoms with van der Waals surface area (Å²) in [5, 5.41) is 6.89. The molecule has 0 atom stereocenters. The molecule has 0 aliphatic heterocycles. The van der Waals surface area contributed by atoms with Crippen molar-refractivity contribution in [1.82, 2.24) is 4.98 Å². The average molecular weight is 652 g/mol. The van der Waals surface area contributed by atoms with Gasteiger partial charge >= 0.3 is 0 Å². The maximum Gasteiger partial charge on any atom is 0.143 e. The predicted octanol–water partition coefficient (Wildman–Crippen LogP) is 13.8. The first-order valence-corrected chi connectivity index (χ1v) is 17.3. The highest BCUT2D eigenvalue weighted by Crippen LogP contribution is 2.43. The van der Waals surface area contributed by atoms with Gasteiger partial charge in [0.05, 0.1) is 0 Å². The number of para-hydroxylation sites is 4. The molecule has 3 heteroatoms. The summed E-state index contributed by atoms with van der Waals surface area (Å²) in [4.78, 5) is 3.75. The Bertz CT molecular complexity index is 2910. The maximum atomic E-state index is 6.73. The van der Waals surface area contributed by atoms with Gasteiger partial charge in [0.1, 0.15) is 22.3 Å². The molecule has 3 nitrogen and oxygen atoms in total. The molecule has 51 heavy (non-hydrogen) atoms. The van der Waals surface area contributed by atoms with Crippen LogP contribution in [0.15, 0.2) is 179 Å². The van der Waals surface area contributed by atoms with Crippen molar-refractivity contribution in [2.45, 2.75) is 0 Å². The molecular weight excluding hydrogens is 623 g/mol. The minimum atomic E-state index is 0.906. The Hall–Kier alpha value is -6.84. The molecule has 0 spiro atoms. The van der Waals surface area contributed by atoms with Crippen molar-refractivity contribution in [3.05, 3.63) is 170 Å². The molecule has 238 valence electrons. The highest BCUT2D eigenvalue weighted by molar-refractivity contribution is 6.16. The van der Waals surface area contributed by atoms with Crippen LogP contribution in [0.3, 0.4) is 0 Å². The van der Waals surface area contributed by atoms with Crippen LogP contribution in [0.4, 0.5) is 0 Å². The van der Waals surface area contributed by atoms with Crippen LogP contribution in [0, 0.1) is 0 Å². The highest BCUT2D eigenvalue weighted by atomic mass is 16.3. The van der Waals surface area contributed by atoms with Gasteiger partial charge in [-0.25, -0.2) is 0 Å². The summed E-state index contributed by atoms with van der Waals surface area (Å²) in [6.07, 6.45) is 0. The van der Waals surface area contributed by atoms with E-state index in [1.54, 1.807) is 0 Å². The molecule has 8 aromatic carbocycles. The molecule has 0 radical (unpaired) electrons. The zero-order valence-electron chi connectivity index (χ0n) is 27.5. The van der Waals surface area contributed by atoms with Gasteiger partial charge in [-0.3, -0.25) is 0 Å². The van der Waals surface area contributed by atoms with E-state index < -0.39 is 0 Å². The molecule has 3 heterocycles. The molecule has 0 aliphatic carbocycles. The molecule has 1 N–H and O–H groups in total. The van der Waals surface area contributed by atoms with Gasteiger partial charge in [0.25, 0.3) is 0 Å². The Morgan fingerprint density at radius 2 is 0.627 bits per heavy atom. The van der Waals surface area contributed by atoms with Gasteiger partial charge in [0.15, 0.2) is 0 Å². The number of aromatic amines is 1. The lowest BCUT2D eigenvalue weighted by Crippen LogP contribution is -1.79. The van der Waals surface area contributed by atoms with E-state index in [-0.39, 0.29) is 0 Å². The first kappa shape index (κ1) is 28.0. The van der Waals surface area contributed by atoms with E-state index in [2.05, 4.69) is 163 Å². The number of rotatable bonds is 4. The first-order chi connectivity index (χ1) is 25.3. The summed E-state index contributed by atoms with van der Waals surface area (Å²) in [5.74, 6) is 0. The lowest BCUT2D eigenvalue weighted by Gasteiger charge is -2.04. The monoisotopic (exact) mass is 651 g/mol. The summed E-state index contributed by atoms with van der Waals surface area (Å²) in [7, 11) is 0. The van der Waals surface area contributed by atoms with Gasteiger partial charge in [0.2, 0.25) is 0 Å². The van der Waals surface area contributed by atoms with Crippen LogP contribution in [0.2, 0.25) is 0 Å². The molecular formula is C48H29NO2. The molecule has 0 saturated heterocycles. The predicted molar refractivity (Wildman–Crippen MR) is 212 cm³/mol. The Kier molecular flexibility index (Phi) is 5.96. The number of aromatic nitrogens is 1. The number of hydrogen-bond donors (Lipinski definition) is 1. The topological polar surface area (TPSA) is 42.1 Å². The minimum Gasteiger partial charge on any atom is -0.455 e. The van der Waals surface area contributed by atoms with E-state index in [1.807, 2.05) is 12.1 Å². The number of H-pyrrole nitrogens is 1.